The van der Waals surface area contributed by atoms with Gasteiger partial charge in [-0.1, -0.05) is 17.7 Å². The molecule has 1 saturated heterocycles. The third-order valence-corrected chi connectivity index (χ3v) is 5.16. The fourth-order valence-electron chi connectivity index (χ4n) is 2.67. The van der Waals surface area contributed by atoms with Gasteiger partial charge < -0.3 is 9.64 Å². The van der Waals surface area contributed by atoms with E-state index in [0.717, 1.165) is 17.5 Å². The number of sulfone groups is 1. The van der Waals surface area contributed by atoms with E-state index in [9.17, 15) is 13.2 Å². The number of carbonyl (C=O) groups excluding carboxylic acids is 1. The van der Waals surface area contributed by atoms with Crippen LogP contribution in [0.4, 0.5) is 5.69 Å². The number of hydrogen-bond acceptors (Lipinski definition) is 4. The van der Waals surface area contributed by atoms with Crippen molar-refractivity contribution in [3.05, 3.63) is 54.1 Å². The monoisotopic (exact) mass is 345 g/mol. The zero-order valence-corrected chi connectivity index (χ0v) is 14.4. The van der Waals surface area contributed by atoms with Crippen LogP contribution >= 0.6 is 0 Å². The molecule has 0 saturated carbocycles. The predicted octanol–water partition coefficient (Wildman–Crippen LogP) is 2.58. The molecule has 24 heavy (non-hydrogen) atoms. The van der Waals surface area contributed by atoms with E-state index in [1.54, 1.807) is 17.0 Å². The molecular weight excluding hydrogens is 326 g/mol. The molecular formula is C18H19NO4S. The highest BCUT2D eigenvalue weighted by Crippen LogP contribution is 2.25. The number of carbonyl (C=O) groups is 1. The minimum Gasteiger partial charge on any atom is -0.481 e. The Morgan fingerprint density at radius 1 is 1.04 bits per heavy atom. The van der Waals surface area contributed by atoms with Crippen molar-refractivity contribution in [1.82, 2.24) is 0 Å². The maximum atomic E-state index is 12.5. The average Bonchev–Trinajstić information content (AvgIpc) is 2.89. The number of hydrogen-bond donors (Lipinski definition) is 0. The zero-order valence-electron chi connectivity index (χ0n) is 13.6. The van der Waals surface area contributed by atoms with E-state index in [2.05, 4.69) is 0 Å². The van der Waals surface area contributed by atoms with Gasteiger partial charge in [-0.3, -0.25) is 4.79 Å². The highest BCUT2D eigenvalue weighted by atomic mass is 32.2. The molecule has 2 aromatic carbocycles. The highest BCUT2D eigenvalue weighted by Gasteiger charge is 2.34. The summed E-state index contributed by atoms with van der Waals surface area (Å²) in [5.74, 6) is 0.414. The highest BCUT2D eigenvalue weighted by molar-refractivity contribution is 7.90. The summed E-state index contributed by atoms with van der Waals surface area (Å²) >= 11 is 0. The summed E-state index contributed by atoms with van der Waals surface area (Å²) < 4.78 is 28.7. The fourth-order valence-corrected chi connectivity index (χ4v) is 3.30. The first-order valence-electron chi connectivity index (χ1n) is 7.69. The Morgan fingerprint density at radius 3 is 2.25 bits per heavy atom. The number of benzene rings is 2. The van der Waals surface area contributed by atoms with Gasteiger partial charge in [0.1, 0.15) is 5.75 Å². The summed E-state index contributed by atoms with van der Waals surface area (Å²) in [7, 11) is -3.24. The maximum absolute atomic E-state index is 12.5. The van der Waals surface area contributed by atoms with E-state index in [-0.39, 0.29) is 10.8 Å². The standard InChI is InChI=1S/C18H19NO4S/c1-13-3-5-14(6-4-13)19-12-11-17(18(19)20)23-15-7-9-16(10-8-15)24(2,21)22/h3-10,17H,11-12H2,1-2H3/t17-/m0/s1. The molecule has 1 amide bonds. The minimum atomic E-state index is -3.24. The van der Waals surface area contributed by atoms with E-state index in [1.165, 1.54) is 12.1 Å². The van der Waals surface area contributed by atoms with Gasteiger partial charge in [-0.2, -0.15) is 0 Å². The number of aryl methyl sites for hydroxylation is 1. The van der Waals surface area contributed by atoms with Gasteiger partial charge >= 0.3 is 0 Å². The molecule has 0 spiro atoms. The van der Waals surface area contributed by atoms with E-state index in [1.807, 2.05) is 31.2 Å². The fraction of sp³-hybridized carbons (Fsp3) is 0.278. The van der Waals surface area contributed by atoms with Crippen LogP contribution in [0.15, 0.2) is 53.4 Å². The molecule has 0 aromatic heterocycles. The van der Waals surface area contributed by atoms with Gasteiger partial charge in [0.05, 0.1) is 4.90 Å². The SMILES string of the molecule is Cc1ccc(N2CC[C@H](Oc3ccc(S(C)(=O)=O)cc3)C2=O)cc1. The second-order valence-corrected chi connectivity index (χ2v) is 7.98. The average molecular weight is 345 g/mol. The Balaban J connectivity index is 1.71. The molecule has 1 heterocycles. The van der Waals surface area contributed by atoms with Gasteiger partial charge in [-0.25, -0.2) is 8.42 Å². The first kappa shape index (κ1) is 16.5. The summed E-state index contributed by atoms with van der Waals surface area (Å²) in [5, 5.41) is 0. The van der Waals surface area contributed by atoms with Crippen LogP contribution in [-0.4, -0.2) is 33.2 Å². The Morgan fingerprint density at radius 2 is 1.67 bits per heavy atom. The lowest BCUT2D eigenvalue weighted by Crippen LogP contribution is -2.32. The van der Waals surface area contributed by atoms with Gasteiger partial charge in [0, 0.05) is 24.9 Å². The van der Waals surface area contributed by atoms with Crippen molar-refractivity contribution in [2.75, 3.05) is 17.7 Å². The second-order valence-electron chi connectivity index (χ2n) is 5.96. The van der Waals surface area contributed by atoms with Crippen LogP contribution in [0, 0.1) is 6.92 Å². The minimum absolute atomic E-state index is 0.0777. The Hall–Kier alpha value is -2.34. The van der Waals surface area contributed by atoms with Crippen LogP contribution < -0.4 is 9.64 Å². The molecule has 0 unspecified atom stereocenters. The topological polar surface area (TPSA) is 63.7 Å². The van der Waals surface area contributed by atoms with Crippen LogP contribution in [0.3, 0.4) is 0 Å². The maximum Gasteiger partial charge on any atom is 0.268 e. The molecule has 0 bridgehead atoms. The predicted molar refractivity (Wildman–Crippen MR) is 92.1 cm³/mol. The van der Waals surface area contributed by atoms with Crippen molar-refractivity contribution in [2.45, 2.75) is 24.3 Å². The summed E-state index contributed by atoms with van der Waals surface area (Å²) in [4.78, 5) is 14.5. The van der Waals surface area contributed by atoms with Gasteiger partial charge in [-0.15, -0.1) is 0 Å². The van der Waals surface area contributed by atoms with E-state index in [0.29, 0.717) is 18.7 Å². The van der Waals surface area contributed by atoms with Crippen molar-refractivity contribution in [1.29, 1.82) is 0 Å². The van der Waals surface area contributed by atoms with E-state index < -0.39 is 15.9 Å². The molecule has 126 valence electrons. The van der Waals surface area contributed by atoms with Crippen molar-refractivity contribution in [2.24, 2.45) is 0 Å². The number of rotatable bonds is 4. The molecule has 1 aliphatic heterocycles. The normalized spacial score (nSPS) is 18.0. The Kier molecular flexibility index (Phi) is 4.32. The van der Waals surface area contributed by atoms with Crippen molar-refractivity contribution in [3.63, 3.8) is 0 Å². The molecule has 0 N–H and O–H groups in total. The van der Waals surface area contributed by atoms with Gasteiger partial charge in [0.25, 0.3) is 5.91 Å². The summed E-state index contributed by atoms with van der Waals surface area (Å²) in [5.41, 5.74) is 2.01. The Labute approximate surface area is 141 Å². The lowest BCUT2D eigenvalue weighted by molar-refractivity contribution is -0.122. The van der Waals surface area contributed by atoms with Crippen molar-refractivity contribution < 1.29 is 17.9 Å². The first-order chi connectivity index (χ1) is 11.3. The lowest BCUT2D eigenvalue weighted by Gasteiger charge is -2.17. The van der Waals surface area contributed by atoms with E-state index >= 15 is 0 Å². The van der Waals surface area contributed by atoms with Crippen LogP contribution in [0.2, 0.25) is 0 Å². The largest absolute Gasteiger partial charge is 0.481 e. The van der Waals surface area contributed by atoms with Crippen molar-refractivity contribution >= 4 is 21.4 Å². The molecule has 0 radical (unpaired) electrons. The van der Waals surface area contributed by atoms with Crippen molar-refractivity contribution in [3.8, 4) is 5.75 Å². The molecule has 5 nitrogen and oxygen atoms in total. The molecule has 3 rings (SSSR count). The molecule has 2 aromatic rings. The third kappa shape index (κ3) is 3.43. The first-order valence-corrected chi connectivity index (χ1v) is 9.58. The smallest absolute Gasteiger partial charge is 0.268 e. The number of amides is 1. The number of anilines is 1. The molecule has 1 fully saturated rings. The van der Waals surface area contributed by atoms with Gasteiger partial charge in [-0.05, 0) is 43.3 Å². The zero-order chi connectivity index (χ0) is 17.3. The van der Waals surface area contributed by atoms with Crippen LogP contribution in [0.25, 0.3) is 0 Å². The quantitative estimate of drug-likeness (QED) is 0.854. The summed E-state index contributed by atoms with van der Waals surface area (Å²) in [6.45, 7) is 2.61. The molecule has 0 aliphatic carbocycles. The van der Waals surface area contributed by atoms with Gasteiger partial charge in [0.15, 0.2) is 15.9 Å². The molecule has 1 atom stereocenters. The Bertz CT molecular complexity index is 842. The van der Waals surface area contributed by atoms with Crippen LogP contribution in [0.1, 0.15) is 12.0 Å². The van der Waals surface area contributed by atoms with E-state index in [4.69, 9.17) is 4.74 Å². The lowest BCUT2D eigenvalue weighted by atomic mass is 10.2. The second kappa shape index (κ2) is 6.28. The van der Waals surface area contributed by atoms with Crippen LogP contribution in [0.5, 0.6) is 5.75 Å². The van der Waals surface area contributed by atoms with Gasteiger partial charge in [0.2, 0.25) is 0 Å². The summed E-state index contributed by atoms with van der Waals surface area (Å²) in [6.07, 6.45) is 1.21. The number of nitrogens with zero attached hydrogens (tertiary/aromatic N) is 1. The van der Waals surface area contributed by atoms with Crippen LogP contribution in [-0.2, 0) is 14.6 Å². The molecule has 1 aliphatic rings. The number of ether oxygens (including phenoxy) is 1. The summed E-state index contributed by atoms with van der Waals surface area (Å²) in [6, 6.07) is 13.9. The molecule has 6 heteroatoms. The third-order valence-electron chi connectivity index (χ3n) is 4.03.